The van der Waals surface area contributed by atoms with Crippen LogP contribution in [0.25, 0.3) is 0 Å². The van der Waals surface area contributed by atoms with Crippen LogP contribution in [0.15, 0.2) is 0 Å². The minimum Gasteiger partial charge on any atom is -0.394 e. The summed E-state index contributed by atoms with van der Waals surface area (Å²) in [5.74, 6) is 0. The van der Waals surface area contributed by atoms with Gasteiger partial charge in [-0.1, -0.05) is 122 Å². The molecule has 0 radical (unpaired) electrons. The van der Waals surface area contributed by atoms with Gasteiger partial charge >= 0.3 is 0 Å². The number of hydrogen-bond donors (Lipinski definition) is 3. The predicted octanol–water partition coefficient (Wildman–Crippen LogP) is 6.10. The Kier molecular flexibility index (Phi) is 19.5. The zero-order valence-corrected chi connectivity index (χ0v) is 17.8. The van der Waals surface area contributed by atoms with Crippen LogP contribution in [0.1, 0.15) is 129 Å². The lowest BCUT2D eigenvalue weighted by Crippen LogP contribution is -2.47. The van der Waals surface area contributed by atoms with E-state index < -0.39 is 5.54 Å². The van der Waals surface area contributed by atoms with Crippen LogP contribution in [0.4, 0.5) is 0 Å². The van der Waals surface area contributed by atoms with Crippen molar-refractivity contribution in [1.82, 2.24) is 0 Å². The maximum absolute atomic E-state index is 9.14. The Morgan fingerprint density at radius 1 is 0.500 bits per heavy atom. The Hall–Kier alpha value is -0.120. The van der Waals surface area contributed by atoms with E-state index in [1.165, 1.54) is 103 Å². The van der Waals surface area contributed by atoms with Gasteiger partial charge in [0.1, 0.15) is 0 Å². The van der Waals surface area contributed by atoms with Crippen LogP contribution in [0, 0.1) is 0 Å². The highest BCUT2D eigenvalue weighted by molar-refractivity contribution is 4.81. The summed E-state index contributed by atoms with van der Waals surface area (Å²) < 4.78 is 0. The molecule has 0 aliphatic rings. The second-order valence-electron chi connectivity index (χ2n) is 8.44. The summed E-state index contributed by atoms with van der Waals surface area (Å²) in [4.78, 5) is 0. The van der Waals surface area contributed by atoms with E-state index >= 15 is 0 Å². The Morgan fingerprint density at radius 2 is 0.769 bits per heavy atom. The number of aliphatic hydroxyl groups excluding tert-OH is 2. The molecular formula is C23H49NO2. The van der Waals surface area contributed by atoms with Crippen LogP contribution in [0.3, 0.4) is 0 Å². The van der Waals surface area contributed by atoms with E-state index in [-0.39, 0.29) is 13.2 Å². The Morgan fingerprint density at radius 3 is 1.04 bits per heavy atom. The van der Waals surface area contributed by atoms with Crippen LogP contribution in [0.2, 0.25) is 0 Å². The fourth-order valence-electron chi connectivity index (χ4n) is 3.59. The largest absolute Gasteiger partial charge is 0.394 e. The van der Waals surface area contributed by atoms with Gasteiger partial charge in [-0.3, -0.25) is 0 Å². The molecule has 0 amide bonds. The summed E-state index contributed by atoms with van der Waals surface area (Å²) in [6.45, 7) is 2.04. The van der Waals surface area contributed by atoms with E-state index in [0.29, 0.717) is 0 Å². The zero-order valence-electron chi connectivity index (χ0n) is 17.8. The quantitative estimate of drug-likeness (QED) is 0.214. The topological polar surface area (TPSA) is 66.5 Å². The molecule has 3 heteroatoms. The van der Waals surface area contributed by atoms with Gasteiger partial charge in [0.15, 0.2) is 0 Å². The minimum atomic E-state index is -0.769. The van der Waals surface area contributed by atoms with Gasteiger partial charge in [0.05, 0.1) is 18.8 Å². The van der Waals surface area contributed by atoms with Gasteiger partial charge < -0.3 is 15.9 Å². The van der Waals surface area contributed by atoms with Crippen molar-refractivity contribution in [2.45, 2.75) is 134 Å². The number of nitrogens with two attached hydrogens (primary N) is 1. The number of hydrogen-bond acceptors (Lipinski definition) is 3. The van der Waals surface area contributed by atoms with Crippen molar-refractivity contribution in [3.63, 3.8) is 0 Å². The molecule has 158 valence electrons. The van der Waals surface area contributed by atoms with Crippen molar-refractivity contribution in [1.29, 1.82) is 0 Å². The number of aliphatic hydroxyl groups is 2. The molecule has 0 unspecified atom stereocenters. The van der Waals surface area contributed by atoms with E-state index in [1.54, 1.807) is 0 Å². The van der Waals surface area contributed by atoms with Gasteiger partial charge in [0.25, 0.3) is 0 Å². The van der Waals surface area contributed by atoms with Gasteiger partial charge in [-0.25, -0.2) is 0 Å². The third-order valence-electron chi connectivity index (χ3n) is 5.66. The lowest BCUT2D eigenvalue weighted by Gasteiger charge is -2.24. The molecule has 0 aliphatic carbocycles. The molecule has 0 aliphatic heterocycles. The normalized spacial score (nSPS) is 12.0. The van der Waals surface area contributed by atoms with Crippen molar-refractivity contribution >= 4 is 0 Å². The second kappa shape index (κ2) is 19.6. The molecule has 26 heavy (non-hydrogen) atoms. The Labute approximate surface area is 164 Å². The Balaban J connectivity index is 3.11. The van der Waals surface area contributed by atoms with Gasteiger partial charge in [-0.15, -0.1) is 0 Å². The average Bonchev–Trinajstić information content (AvgIpc) is 2.66. The molecule has 0 aromatic heterocycles. The predicted molar refractivity (Wildman–Crippen MR) is 114 cm³/mol. The number of rotatable bonds is 21. The number of unbranched alkanes of at least 4 members (excludes halogenated alkanes) is 17. The first-order valence-corrected chi connectivity index (χ1v) is 11.7. The maximum Gasteiger partial charge on any atom is 0.0633 e. The maximum atomic E-state index is 9.14. The molecule has 0 heterocycles. The molecule has 0 atom stereocenters. The summed E-state index contributed by atoms with van der Waals surface area (Å²) in [5.41, 5.74) is 5.10. The molecule has 0 aromatic rings. The summed E-state index contributed by atoms with van der Waals surface area (Å²) in [6.07, 6.45) is 25.3. The second-order valence-corrected chi connectivity index (χ2v) is 8.44. The standard InChI is InChI=1S/C23H49NO2/c1-2-3-4-5-6-7-8-9-10-11-12-13-14-15-16-17-18-19-20-23(24,21-25)22-26/h25-26H,2-22,24H2,1H3. The van der Waals surface area contributed by atoms with Crippen LogP contribution < -0.4 is 5.73 Å². The lowest BCUT2D eigenvalue weighted by molar-refractivity contribution is 0.112. The van der Waals surface area contributed by atoms with Crippen molar-refractivity contribution < 1.29 is 10.2 Å². The fourth-order valence-corrected chi connectivity index (χ4v) is 3.59. The SMILES string of the molecule is CCCCCCCCCCCCCCCCCCCCC(N)(CO)CO. The molecule has 0 bridgehead atoms. The first-order valence-electron chi connectivity index (χ1n) is 11.7. The molecular weight excluding hydrogens is 322 g/mol. The van der Waals surface area contributed by atoms with Gasteiger partial charge in [0, 0.05) is 0 Å². The molecule has 3 nitrogen and oxygen atoms in total. The monoisotopic (exact) mass is 371 g/mol. The van der Waals surface area contributed by atoms with E-state index in [4.69, 9.17) is 15.9 Å². The fraction of sp³-hybridized carbons (Fsp3) is 1.00. The molecule has 0 fully saturated rings. The lowest BCUT2D eigenvalue weighted by atomic mass is 9.94. The summed E-state index contributed by atoms with van der Waals surface area (Å²) in [6, 6.07) is 0. The molecule has 0 rings (SSSR count). The average molecular weight is 372 g/mol. The third kappa shape index (κ3) is 17.3. The van der Waals surface area contributed by atoms with E-state index in [0.717, 1.165) is 19.3 Å². The van der Waals surface area contributed by atoms with Crippen molar-refractivity contribution in [3.8, 4) is 0 Å². The van der Waals surface area contributed by atoms with Gasteiger partial charge in [-0.05, 0) is 6.42 Å². The Bertz CT molecular complexity index is 267. The van der Waals surface area contributed by atoms with Gasteiger partial charge in [-0.2, -0.15) is 0 Å². The van der Waals surface area contributed by atoms with Crippen molar-refractivity contribution in [2.24, 2.45) is 5.73 Å². The molecule has 4 N–H and O–H groups in total. The summed E-state index contributed by atoms with van der Waals surface area (Å²) >= 11 is 0. The molecule has 0 spiro atoms. The highest BCUT2D eigenvalue weighted by Gasteiger charge is 2.21. The van der Waals surface area contributed by atoms with Gasteiger partial charge in [0.2, 0.25) is 0 Å². The smallest absolute Gasteiger partial charge is 0.0633 e. The van der Waals surface area contributed by atoms with Crippen LogP contribution in [0.5, 0.6) is 0 Å². The van der Waals surface area contributed by atoms with E-state index in [2.05, 4.69) is 6.92 Å². The highest BCUT2D eigenvalue weighted by atomic mass is 16.3. The summed E-state index contributed by atoms with van der Waals surface area (Å²) in [5, 5.41) is 18.3. The first-order chi connectivity index (χ1) is 12.7. The van der Waals surface area contributed by atoms with E-state index in [1.807, 2.05) is 0 Å². The highest BCUT2D eigenvalue weighted by Crippen LogP contribution is 2.16. The molecule has 0 aromatic carbocycles. The summed E-state index contributed by atoms with van der Waals surface area (Å²) in [7, 11) is 0. The molecule has 0 saturated heterocycles. The minimum absolute atomic E-state index is 0.123. The molecule has 0 saturated carbocycles. The van der Waals surface area contributed by atoms with Crippen LogP contribution >= 0.6 is 0 Å². The van der Waals surface area contributed by atoms with E-state index in [9.17, 15) is 0 Å². The first kappa shape index (κ1) is 25.9. The van der Waals surface area contributed by atoms with Crippen LogP contribution in [-0.4, -0.2) is 29.0 Å². The zero-order chi connectivity index (χ0) is 19.3. The van der Waals surface area contributed by atoms with Crippen LogP contribution in [-0.2, 0) is 0 Å². The van der Waals surface area contributed by atoms with Crippen molar-refractivity contribution in [2.75, 3.05) is 13.2 Å². The third-order valence-corrected chi connectivity index (χ3v) is 5.66. The van der Waals surface area contributed by atoms with Crippen molar-refractivity contribution in [3.05, 3.63) is 0 Å².